The molecule has 0 aromatic heterocycles. The summed E-state index contributed by atoms with van der Waals surface area (Å²) in [5, 5.41) is 21.6. The number of aliphatic hydroxyl groups is 1. The fourth-order valence-corrected chi connectivity index (χ4v) is 9.25. The van der Waals surface area contributed by atoms with Gasteiger partial charge in [0.1, 0.15) is 24.7 Å². The van der Waals surface area contributed by atoms with E-state index in [0.717, 1.165) is 83.5 Å². The van der Waals surface area contributed by atoms with Gasteiger partial charge in [0.2, 0.25) is 23.6 Å². The van der Waals surface area contributed by atoms with Gasteiger partial charge in [-0.1, -0.05) is 77.0 Å². The Morgan fingerprint density at radius 2 is 1.30 bits per heavy atom. The third kappa shape index (κ3) is 11.4. The van der Waals surface area contributed by atoms with Crippen LogP contribution in [0, 0.1) is 23.7 Å². The third-order valence-electron chi connectivity index (χ3n) is 11.9. The fraction of sp³-hybridized carbons (Fsp3) is 0.892. The van der Waals surface area contributed by atoms with Crippen LogP contribution in [0.2, 0.25) is 0 Å². The van der Waals surface area contributed by atoms with Crippen molar-refractivity contribution in [2.24, 2.45) is 23.7 Å². The van der Waals surface area contributed by atoms with Crippen LogP contribution in [-0.2, 0) is 23.9 Å². The number of ether oxygens (including phenoxy) is 1. The van der Waals surface area contributed by atoms with Gasteiger partial charge in [0.15, 0.2) is 0 Å². The van der Waals surface area contributed by atoms with E-state index < -0.39 is 36.5 Å². The number of carbonyl (C=O) groups excluding carboxylic acids is 4. The Balaban J connectivity index is 1.37. The number of nitrogens with one attached hydrogen (secondary N) is 4. The lowest BCUT2D eigenvalue weighted by atomic mass is 9.81. The van der Waals surface area contributed by atoms with Crippen LogP contribution >= 0.6 is 0 Å². The van der Waals surface area contributed by atoms with Gasteiger partial charge in [0.05, 0.1) is 12.2 Å². The number of hydrogen-bond donors (Lipinski definition) is 5. The van der Waals surface area contributed by atoms with Gasteiger partial charge < -0.3 is 31.1 Å². The van der Waals surface area contributed by atoms with Crippen LogP contribution in [0.15, 0.2) is 0 Å². The molecule has 5 rings (SSSR count). The second-order valence-electron chi connectivity index (χ2n) is 15.6. The zero-order chi connectivity index (χ0) is 33.0. The average molecular weight is 659 g/mol. The lowest BCUT2D eigenvalue weighted by Gasteiger charge is -2.37. The molecule has 0 aromatic carbocycles. The highest BCUT2D eigenvalue weighted by Crippen LogP contribution is 2.36. The Morgan fingerprint density at radius 3 is 1.94 bits per heavy atom. The summed E-state index contributed by atoms with van der Waals surface area (Å²) in [7, 11) is 0. The van der Waals surface area contributed by atoms with Gasteiger partial charge in [0.25, 0.3) is 0 Å². The molecule has 4 aliphatic carbocycles. The average Bonchev–Trinajstić information content (AvgIpc) is 3.09. The molecular formula is C37H62N4O6. The van der Waals surface area contributed by atoms with Crippen molar-refractivity contribution < 1.29 is 29.0 Å². The predicted octanol–water partition coefficient (Wildman–Crippen LogP) is 4.42. The third-order valence-corrected chi connectivity index (χ3v) is 11.9. The molecule has 1 heterocycles. The smallest absolute Gasteiger partial charge is 0.246 e. The maximum Gasteiger partial charge on any atom is 0.246 e. The van der Waals surface area contributed by atoms with E-state index in [2.05, 4.69) is 21.3 Å². The molecule has 10 heteroatoms. The van der Waals surface area contributed by atoms with Crippen molar-refractivity contribution in [1.29, 1.82) is 0 Å². The fourth-order valence-electron chi connectivity index (χ4n) is 9.25. The largest absolute Gasteiger partial charge is 0.387 e. The summed E-state index contributed by atoms with van der Waals surface area (Å²) in [6.45, 7) is -0.0647. The molecule has 4 unspecified atom stereocenters. The first-order chi connectivity index (χ1) is 22.9. The SMILES string of the molecule is O=C(CO)N[C@H]1CC2CCCC(C2)OC2CCCC(C2)C[C@@H](C(=O)NCC2CCCCC2)NC(=O)[C@H](CCC2CCCCC2)NC1=O. The Morgan fingerprint density at radius 1 is 0.681 bits per heavy atom. The molecule has 0 spiro atoms. The molecule has 1 aliphatic heterocycles. The van der Waals surface area contributed by atoms with Crippen molar-refractivity contribution in [2.75, 3.05) is 13.2 Å². The first-order valence-electron chi connectivity index (χ1n) is 19.3. The molecule has 0 aromatic rings. The summed E-state index contributed by atoms with van der Waals surface area (Å²) >= 11 is 0. The van der Waals surface area contributed by atoms with Gasteiger partial charge in [-0.25, -0.2) is 0 Å². The second-order valence-corrected chi connectivity index (χ2v) is 15.6. The van der Waals surface area contributed by atoms with E-state index in [0.29, 0.717) is 37.6 Å². The first-order valence-corrected chi connectivity index (χ1v) is 19.3. The molecule has 4 saturated carbocycles. The molecule has 266 valence electrons. The van der Waals surface area contributed by atoms with Crippen molar-refractivity contribution in [1.82, 2.24) is 21.3 Å². The van der Waals surface area contributed by atoms with E-state index in [1.165, 1.54) is 38.5 Å². The van der Waals surface area contributed by atoms with E-state index in [4.69, 9.17) is 4.74 Å². The molecule has 4 bridgehead atoms. The molecule has 5 N–H and O–H groups in total. The Labute approximate surface area is 282 Å². The van der Waals surface area contributed by atoms with E-state index in [-0.39, 0.29) is 35.9 Å². The van der Waals surface area contributed by atoms with Crippen LogP contribution in [0.4, 0.5) is 0 Å². The topological polar surface area (TPSA) is 146 Å². The van der Waals surface area contributed by atoms with Gasteiger partial charge in [-0.15, -0.1) is 0 Å². The normalized spacial score (nSPS) is 33.7. The maximum absolute atomic E-state index is 14.1. The minimum Gasteiger partial charge on any atom is -0.387 e. The van der Waals surface area contributed by atoms with E-state index in [1.807, 2.05) is 0 Å². The van der Waals surface area contributed by atoms with Crippen molar-refractivity contribution in [2.45, 2.75) is 172 Å². The number of rotatable bonds is 8. The summed E-state index contributed by atoms with van der Waals surface area (Å²) in [4.78, 5) is 54.2. The molecule has 5 aliphatic rings. The van der Waals surface area contributed by atoms with Crippen LogP contribution in [0.3, 0.4) is 0 Å². The summed E-state index contributed by atoms with van der Waals surface area (Å²) in [6.07, 6.45) is 22.1. The predicted molar refractivity (Wildman–Crippen MR) is 180 cm³/mol. The molecule has 47 heavy (non-hydrogen) atoms. The standard InChI is InChI=1S/C37H62N4O6/c42-24-34(43)39-33-22-28-14-8-16-30(20-28)47-29-15-7-13-27(19-29)21-32(35(44)38-23-26-11-5-2-6-12-26)41-36(45)31(40-37(33)46)18-17-25-9-3-1-4-10-25/h25-33,42H,1-24H2,(H,38,44)(H,39,43)(H,40,46)(H,41,45)/t27?,28?,29?,30?,31-,32-,33-/m0/s1. The lowest BCUT2D eigenvalue weighted by molar-refractivity contribution is -0.135. The van der Waals surface area contributed by atoms with Gasteiger partial charge >= 0.3 is 0 Å². The van der Waals surface area contributed by atoms with E-state index >= 15 is 0 Å². The highest BCUT2D eigenvalue weighted by atomic mass is 16.5. The molecule has 1 saturated heterocycles. The lowest BCUT2D eigenvalue weighted by Crippen LogP contribution is -2.57. The number of amides is 4. The quantitative estimate of drug-likeness (QED) is 0.261. The number of carbonyl (C=O) groups is 4. The summed E-state index contributed by atoms with van der Waals surface area (Å²) in [5.74, 6) is 0.0146. The van der Waals surface area contributed by atoms with Crippen LogP contribution in [0.1, 0.15) is 141 Å². The molecule has 7 atom stereocenters. The number of fused-ring (bicyclic) bond motifs is 4. The van der Waals surface area contributed by atoms with Crippen LogP contribution in [0.5, 0.6) is 0 Å². The van der Waals surface area contributed by atoms with Crippen molar-refractivity contribution >= 4 is 23.6 Å². The molecule has 4 amide bonds. The van der Waals surface area contributed by atoms with Crippen LogP contribution < -0.4 is 21.3 Å². The highest BCUT2D eigenvalue weighted by molar-refractivity contribution is 5.94. The maximum atomic E-state index is 14.1. The van der Waals surface area contributed by atoms with E-state index in [9.17, 15) is 24.3 Å². The first kappa shape index (κ1) is 36.1. The second kappa shape index (κ2) is 18.5. The van der Waals surface area contributed by atoms with Crippen LogP contribution in [0.25, 0.3) is 0 Å². The van der Waals surface area contributed by atoms with Crippen molar-refractivity contribution in [3.8, 4) is 0 Å². The number of hydrogen-bond acceptors (Lipinski definition) is 6. The van der Waals surface area contributed by atoms with Gasteiger partial charge in [0, 0.05) is 6.54 Å². The van der Waals surface area contributed by atoms with Crippen LogP contribution in [-0.4, -0.2) is 72.2 Å². The minimum atomic E-state index is -0.857. The Kier molecular flexibility index (Phi) is 14.2. The zero-order valence-electron chi connectivity index (χ0n) is 28.7. The summed E-state index contributed by atoms with van der Waals surface area (Å²) in [6, 6.07) is -2.34. The van der Waals surface area contributed by atoms with Gasteiger partial charge in [-0.2, -0.15) is 0 Å². The van der Waals surface area contributed by atoms with Crippen molar-refractivity contribution in [3.05, 3.63) is 0 Å². The summed E-state index contributed by atoms with van der Waals surface area (Å²) in [5.41, 5.74) is 0. The highest BCUT2D eigenvalue weighted by Gasteiger charge is 2.36. The Hall–Kier alpha value is -2.20. The molecule has 5 fully saturated rings. The summed E-state index contributed by atoms with van der Waals surface area (Å²) < 4.78 is 6.69. The monoisotopic (exact) mass is 658 g/mol. The van der Waals surface area contributed by atoms with Gasteiger partial charge in [-0.3, -0.25) is 19.2 Å². The Bertz CT molecular complexity index is 1030. The van der Waals surface area contributed by atoms with Gasteiger partial charge in [-0.05, 0) is 87.9 Å². The molecule has 10 nitrogen and oxygen atoms in total. The molecule has 0 radical (unpaired) electrons. The van der Waals surface area contributed by atoms with E-state index in [1.54, 1.807) is 0 Å². The minimum absolute atomic E-state index is 0.111. The molecular weight excluding hydrogens is 596 g/mol. The van der Waals surface area contributed by atoms with Crippen molar-refractivity contribution in [3.63, 3.8) is 0 Å². The zero-order valence-corrected chi connectivity index (χ0v) is 28.7. The number of aliphatic hydroxyl groups excluding tert-OH is 1.